The van der Waals surface area contributed by atoms with Crippen LogP contribution in [-0.2, 0) is 0 Å². The lowest BCUT2D eigenvalue weighted by Gasteiger charge is -2.05. The second-order valence-electron chi connectivity index (χ2n) is 2.59. The average molecular weight is 213 g/mol. The normalized spacial score (nSPS) is 9.86. The number of nitrogens with zero attached hydrogens (tertiary/aromatic N) is 2. The van der Waals surface area contributed by atoms with Crippen molar-refractivity contribution in [3.63, 3.8) is 0 Å². The highest BCUT2D eigenvalue weighted by atomic mass is 32.2. The van der Waals surface area contributed by atoms with Crippen molar-refractivity contribution in [2.45, 2.75) is 6.92 Å². The smallest absolute Gasteiger partial charge is 0.218 e. The van der Waals surface area contributed by atoms with Crippen molar-refractivity contribution < 1.29 is 4.74 Å². The zero-order valence-electron chi connectivity index (χ0n) is 8.49. The standard InChI is InChI=1S/C9H15N3OS/c1-3-13-9-6-8(11-7-12-9)10-4-5-14-2/h6-7H,3-5H2,1-2H3,(H,10,11,12). The third-order valence-corrected chi connectivity index (χ3v) is 2.16. The van der Waals surface area contributed by atoms with Crippen LogP contribution in [0, 0.1) is 0 Å². The van der Waals surface area contributed by atoms with Crippen LogP contribution in [0.3, 0.4) is 0 Å². The summed E-state index contributed by atoms with van der Waals surface area (Å²) in [6.45, 7) is 3.47. The fourth-order valence-corrected chi connectivity index (χ4v) is 1.25. The summed E-state index contributed by atoms with van der Waals surface area (Å²) in [5.74, 6) is 2.50. The summed E-state index contributed by atoms with van der Waals surface area (Å²) < 4.78 is 5.26. The number of thioether (sulfide) groups is 1. The highest BCUT2D eigenvalue weighted by Gasteiger charge is 1.97. The van der Waals surface area contributed by atoms with Crippen LogP contribution in [0.15, 0.2) is 12.4 Å². The lowest BCUT2D eigenvalue weighted by molar-refractivity contribution is 0.326. The van der Waals surface area contributed by atoms with Gasteiger partial charge in [0.05, 0.1) is 6.61 Å². The third kappa shape index (κ3) is 3.83. The Bertz CT molecular complexity index is 270. The molecule has 5 heteroatoms. The van der Waals surface area contributed by atoms with E-state index in [-0.39, 0.29) is 0 Å². The molecule has 14 heavy (non-hydrogen) atoms. The second-order valence-corrected chi connectivity index (χ2v) is 3.58. The Balaban J connectivity index is 2.46. The van der Waals surface area contributed by atoms with E-state index in [0.717, 1.165) is 18.1 Å². The Morgan fingerprint density at radius 3 is 3.07 bits per heavy atom. The summed E-state index contributed by atoms with van der Waals surface area (Å²) >= 11 is 1.80. The van der Waals surface area contributed by atoms with Crippen LogP contribution < -0.4 is 10.1 Å². The van der Waals surface area contributed by atoms with Crippen LogP contribution in [0.4, 0.5) is 5.82 Å². The molecule has 1 heterocycles. The van der Waals surface area contributed by atoms with Crippen molar-refractivity contribution in [3.8, 4) is 5.88 Å². The number of hydrogen-bond acceptors (Lipinski definition) is 5. The minimum absolute atomic E-state index is 0.620. The van der Waals surface area contributed by atoms with E-state index in [0.29, 0.717) is 12.5 Å². The molecule has 0 bridgehead atoms. The zero-order valence-corrected chi connectivity index (χ0v) is 9.30. The lowest BCUT2D eigenvalue weighted by atomic mass is 10.5. The van der Waals surface area contributed by atoms with Crippen LogP contribution in [0.25, 0.3) is 0 Å². The maximum absolute atomic E-state index is 5.26. The van der Waals surface area contributed by atoms with Gasteiger partial charge < -0.3 is 10.1 Å². The van der Waals surface area contributed by atoms with Gasteiger partial charge in [0.2, 0.25) is 5.88 Å². The Kier molecular flexibility index (Phi) is 5.14. The Morgan fingerprint density at radius 2 is 2.36 bits per heavy atom. The molecule has 4 nitrogen and oxygen atoms in total. The molecule has 78 valence electrons. The van der Waals surface area contributed by atoms with Gasteiger partial charge in [0.15, 0.2) is 0 Å². The molecule has 0 aliphatic heterocycles. The van der Waals surface area contributed by atoms with Crippen molar-refractivity contribution in [1.29, 1.82) is 0 Å². The summed E-state index contributed by atoms with van der Waals surface area (Å²) in [6.07, 6.45) is 3.58. The number of hydrogen-bond donors (Lipinski definition) is 1. The maximum Gasteiger partial charge on any atom is 0.218 e. The summed E-state index contributed by atoms with van der Waals surface area (Å²) in [4.78, 5) is 8.06. The van der Waals surface area contributed by atoms with Crippen LogP contribution in [0.1, 0.15) is 6.92 Å². The van der Waals surface area contributed by atoms with Crippen LogP contribution in [0.2, 0.25) is 0 Å². The van der Waals surface area contributed by atoms with Gasteiger partial charge in [-0.15, -0.1) is 0 Å². The van der Waals surface area contributed by atoms with E-state index in [9.17, 15) is 0 Å². The molecule has 0 radical (unpaired) electrons. The monoisotopic (exact) mass is 213 g/mol. The first-order valence-corrected chi connectivity index (χ1v) is 5.94. The Hall–Kier alpha value is -0.970. The molecule has 0 atom stereocenters. The third-order valence-electron chi connectivity index (χ3n) is 1.55. The summed E-state index contributed by atoms with van der Waals surface area (Å²) in [7, 11) is 0. The summed E-state index contributed by atoms with van der Waals surface area (Å²) in [5.41, 5.74) is 0. The Labute approximate surface area is 88.5 Å². The van der Waals surface area contributed by atoms with Gasteiger partial charge in [-0.2, -0.15) is 11.8 Å². The maximum atomic E-state index is 5.26. The van der Waals surface area contributed by atoms with Crippen LogP contribution >= 0.6 is 11.8 Å². The average Bonchev–Trinajstić information content (AvgIpc) is 2.19. The molecule has 0 aliphatic carbocycles. The first kappa shape index (κ1) is 11.1. The molecule has 0 saturated heterocycles. The molecule has 1 aromatic rings. The van der Waals surface area contributed by atoms with Gasteiger partial charge in [0.25, 0.3) is 0 Å². The van der Waals surface area contributed by atoms with Crippen LogP contribution in [-0.4, -0.2) is 35.1 Å². The molecular formula is C9H15N3OS. The second kappa shape index (κ2) is 6.48. The van der Waals surface area contributed by atoms with Gasteiger partial charge in [-0.1, -0.05) is 0 Å². The van der Waals surface area contributed by atoms with Gasteiger partial charge in [0, 0.05) is 18.4 Å². The number of ether oxygens (including phenoxy) is 1. The number of aromatic nitrogens is 2. The largest absolute Gasteiger partial charge is 0.478 e. The molecule has 1 rings (SSSR count). The summed E-state index contributed by atoms with van der Waals surface area (Å²) in [6, 6.07) is 1.81. The highest BCUT2D eigenvalue weighted by molar-refractivity contribution is 7.98. The molecule has 0 aromatic carbocycles. The van der Waals surface area contributed by atoms with E-state index < -0.39 is 0 Å². The van der Waals surface area contributed by atoms with E-state index in [1.165, 1.54) is 6.33 Å². The fraction of sp³-hybridized carbons (Fsp3) is 0.556. The van der Waals surface area contributed by atoms with Gasteiger partial charge in [0.1, 0.15) is 12.1 Å². The Morgan fingerprint density at radius 1 is 1.50 bits per heavy atom. The van der Waals surface area contributed by atoms with Crippen molar-refractivity contribution in [2.24, 2.45) is 0 Å². The van der Waals surface area contributed by atoms with Crippen molar-refractivity contribution in [2.75, 3.05) is 30.5 Å². The first-order chi connectivity index (χ1) is 6.86. The van der Waals surface area contributed by atoms with E-state index in [1.807, 2.05) is 13.0 Å². The number of rotatable bonds is 6. The minimum Gasteiger partial charge on any atom is -0.478 e. The van der Waals surface area contributed by atoms with E-state index in [2.05, 4.69) is 21.5 Å². The predicted octanol–water partition coefficient (Wildman–Crippen LogP) is 1.65. The molecule has 1 aromatic heterocycles. The van der Waals surface area contributed by atoms with Gasteiger partial charge in [-0.05, 0) is 13.2 Å². The van der Waals surface area contributed by atoms with Crippen LogP contribution in [0.5, 0.6) is 5.88 Å². The molecular weight excluding hydrogens is 198 g/mol. The lowest BCUT2D eigenvalue weighted by Crippen LogP contribution is -2.06. The molecule has 1 N–H and O–H groups in total. The minimum atomic E-state index is 0.620. The number of nitrogens with one attached hydrogen (secondary N) is 1. The van der Waals surface area contributed by atoms with Gasteiger partial charge >= 0.3 is 0 Å². The molecule has 0 aliphatic rings. The predicted molar refractivity (Wildman–Crippen MR) is 60.1 cm³/mol. The molecule has 0 spiro atoms. The van der Waals surface area contributed by atoms with E-state index >= 15 is 0 Å². The quantitative estimate of drug-likeness (QED) is 0.728. The number of anilines is 1. The SMILES string of the molecule is CCOc1cc(NCCSC)ncn1. The molecule has 0 unspecified atom stereocenters. The van der Waals surface area contributed by atoms with Gasteiger partial charge in [-0.3, -0.25) is 0 Å². The summed E-state index contributed by atoms with van der Waals surface area (Å²) in [5, 5.41) is 3.19. The molecule has 0 fully saturated rings. The van der Waals surface area contributed by atoms with Crippen molar-refractivity contribution >= 4 is 17.6 Å². The van der Waals surface area contributed by atoms with E-state index in [1.54, 1.807) is 11.8 Å². The van der Waals surface area contributed by atoms with Gasteiger partial charge in [-0.25, -0.2) is 9.97 Å². The topological polar surface area (TPSA) is 47.0 Å². The highest BCUT2D eigenvalue weighted by Crippen LogP contribution is 2.10. The van der Waals surface area contributed by atoms with E-state index in [4.69, 9.17) is 4.74 Å². The van der Waals surface area contributed by atoms with Crippen molar-refractivity contribution in [1.82, 2.24) is 9.97 Å². The fourth-order valence-electron chi connectivity index (χ4n) is 0.944. The first-order valence-electron chi connectivity index (χ1n) is 4.54. The molecule has 0 amide bonds. The van der Waals surface area contributed by atoms with Crippen molar-refractivity contribution in [3.05, 3.63) is 12.4 Å². The zero-order chi connectivity index (χ0) is 10.2. The molecule has 0 saturated carbocycles.